The Kier molecular flexibility index (Phi) is 5.11. The van der Waals surface area contributed by atoms with Crippen molar-refractivity contribution in [2.75, 3.05) is 14.2 Å². The second-order valence-corrected chi connectivity index (χ2v) is 5.15. The second kappa shape index (κ2) is 6.16. The third kappa shape index (κ3) is 3.68. The number of likely N-dealkylation sites (N-methyl/N-ethyl adjacent to an activating group) is 1. The maximum Gasteiger partial charge on any atom is 0.138 e. The Morgan fingerprint density at radius 3 is 2.44 bits per heavy atom. The number of rotatable bonds is 6. The lowest BCUT2D eigenvalue weighted by Crippen LogP contribution is -2.39. The minimum Gasteiger partial charge on any atom is -0.489 e. The number of methoxy groups -OCH3 is 1. The zero-order valence-corrected chi connectivity index (χ0v) is 12.2. The summed E-state index contributed by atoms with van der Waals surface area (Å²) in [5.74, 6) is 0.787. The van der Waals surface area contributed by atoms with Gasteiger partial charge in [0.25, 0.3) is 0 Å². The number of nitrogens with one attached hydrogen (secondary N) is 1. The quantitative estimate of drug-likeness (QED) is 0.845. The van der Waals surface area contributed by atoms with Crippen LogP contribution in [-0.2, 0) is 4.74 Å². The second-order valence-electron chi connectivity index (χ2n) is 5.15. The van der Waals surface area contributed by atoms with Crippen LogP contribution < -0.4 is 10.1 Å². The van der Waals surface area contributed by atoms with E-state index in [0.717, 1.165) is 11.3 Å². The largest absolute Gasteiger partial charge is 0.489 e. The van der Waals surface area contributed by atoms with Crippen LogP contribution in [0.3, 0.4) is 0 Å². The van der Waals surface area contributed by atoms with Crippen LogP contribution in [0.5, 0.6) is 5.75 Å². The van der Waals surface area contributed by atoms with Gasteiger partial charge in [-0.25, -0.2) is 0 Å². The van der Waals surface area contributed by atoms with E-state index in [1.807, 2.05) is 47.0 Å². The fourth-order valence-corrected chi connectivity index (χ4v) is 1.96. The molecule has 1 aromatic rings. The van der Waals surface area contributed by atoms with Gasteiger partial charge in [-0.15, -0.1) is 0 Å². The molecule has 0 radical (unpaired) electrons. The van der Waals surface area contributed by atoms with E-state index in [0.29, 0.717) is 0 Å². The van der Waals surface area contributed by atoms with Crippen molar-refractivity contribution in [1.29, 1.82) is 0 Å². The lowest BCUT2D eigenvalue weighted by atomic mass is 9.93. The average Bonchev–Trinajstić information content (AvgIpc) is 2.29. The Labute approximate surface area is 110 Å². The van der Waals surface area contributed by atoms with E-state index in [-0.39, 0.29) is 17.7 Å². The van der Waals surface area contributed by atoms with Gasteiger partial charge in [0.2, 0.25) is 0 Å². The van der Waals surface area contributed by atoms with E-state index >= 15 is 0 Å². The summed E-state index contributed by atoms with van der Waals surface area (Å²) in [6.45, 7) is 8.09. The minimum absolute atomic E-state index is 0.0608. The highest BCUT2D eigenvalue weighted by atomic mass is 16.5. The number of hydrogen-bond acceptors (Lipinski definition) is 4. The molecular weight excluding hydrogens is 228 g/mol. The number of aromatic nitrogens is 1. The third-order valence-corrected chi connectivity index (χ3v) is 2.95. The molecule has 0 saturated carbocycles. The van der Waals surface area contributed by atoms with Gasteiger partial charge >= 0.3 is 0 Å². The average molecular weight is 252 g/mol. The summed E-state index contributed by atoms with van der Waals surface area (Å²) in [6.07, 6.45) is 3.72. The van der Waals surface area contributed by atoms with E-state index in [9.17, 15) is 0 Å². The van der Waals surface area contributed by atoms with Crippen molar-refractivity contribution in [3.8, 4) is 5.75 Å². The molecule has 1 rings (SSSR count). The minimum atomic E-state index is -0.313. The number of ether oxygens (including phenoxy) is 2. The molecule has 1 aromatic heterocycles. The molecule has 0 spiro atoms. The molecule has 0 amide bonds. The Morgan fingerprint density at radius 1 is 1.28 bits per heavy atom. The normalized spacial score (nSPS) is 13.7. The zero-order chi connectivity index (χ0) is 13.8. The van der Waals surface area contributed by atoms with Gasteiger partial charge in [0.05, 0.1) is 23.9 Å². The number of nitrogens with zero attached hydrogens (tertiary/aromatic N) is 1. The van der Waals surface area contributed by atoms with Crippen molar-refractivity contribution in [2.24, 2.45) is 0 Å². The number of hydrogen-bond donors (Lipinski definition) is 1. The SMILES string of the molecule is CNC(c1cncc(OC(C)C)c1)C(C)(C)OC. The predicted octanol–water partition coefficient (Wildman–Crippen LogP) is 2.55. The first-order valence-corrected chi connectivity index (χ1v) is 6.24. The first kappa shape index (κ1) is 14.9. The molecule has 4 nitrogen and oxygen atoms in total. The third-order valence-electron chi connectivity index (χ3n) is 2.95. The van der Waals surface area contributed by atoms with E-state index in [4.69, 9.17) is 9.47 Å². The summed E-state index contributed by atoms with van der Waals surface area (Å²) in [7, 11) is 3.63. The van der Waals surface area contributed by atoms with Crippen molar-refractivity contribution >= 4 is 0 Å². The number of pyridine rings is 1. The molecule has 0 saturated heterocycles. The van der Waals surface area contributed by atoms with E-state index in [2.05, 4.69) is 10.3 Å². The van der Waals surface area contributed by atoms with Crippen LogP contribution in [0.1, 0.15) is 39.3 Å². The summed E-state index contributed by atoms with van der Waals surface area (Å²) < 4.78 is 11.2. The molecule has 0 aliphatic rings. The van der Waals surface area contributed by atoms with Crippen LogP contribution in [0.2, 0.25) is 0 Å². The van der Waals surface area contributed by atoms with E-state index in [1.165, 1.54) is 0 Å². The van der Waals surface area contributed by atoms with Crippen molar-refractivity contribution in [3.05, 3.63) is 24.0 Å². The highest BCUT2D eigenvalue weighted by molar-refractivity contribution is 5.27. The molecule has 4 heteroatoms. The Bertz CT molecular complexity index is 378. The van der Waals surface area contributed by atoms with Gasteiger partial charge < -0.3 is 14.8 Å². The Morgan fingerprint density at radius 2 is 1.94 bits per heavy atom. The highest BCUT2D eigenvalue weighted by Gasteiger charge is 2.29. The van der Waals surface area contributed by atoms with Crippen LogP contribution in [-0.4, -0.2) is 30.8 Å². The molecule has 0 aliphatic heterocycles. The van der Waals surface area contributed by atoms with E-state index in [1.54, 1.807) is 13.3 Å². The molecule has 0 bridgehead atoms. The molecule has 1 N–H and O–H groups in total. The van der Waals surface area contributed by atoms with Crippen LogP contribution in [0.25, 0.3) is 0 Å². The van der Waals surface area contributed by atoms with Gasteiger partial charge in [-0.05, 0) is 46.4 Å². The lowest BCUT2D eigenvalue weighted by Gasteiger charge is -2.33. The topological polar surface area (TPSA) is 43.4 Å². The standard InChI is InChI=1S/C14H24N2O2/c1-10(2)18-12-7-11(8-16-9-12)13(15-5)14(3,4)17-6/h7-10,13,15H,1-6H3. The van der Waals surface area contributed by atoms with Gasteiger partial charge in [0, 0.05) is 13.3 Å². The molecule has 0 aromatic carbocycles. The zero-order valence-electron chi connectivity index (χ0n) is 12.2. The smallest absolute Gasteiger partial charge is 0.138 e. The van der Waals surface area contributed by atoms with Crippen molar-refractivity contribution in [3.63, 3.8) is 0 Å². The van der Waals surface area contributed by atoms with Gasteiger partial charge in [-0.1, -0.05) is 0 Å². The fourth-order valence-electron chi connectivity index (χ4n) is 1.96. The highest BCUT2D eigenvalue weighted by Crippen LogP contribution is 2.29. The van der Waals surface area contributed by atoms with Crippen LogP contribution in [0, 0.1) is 0 Å². The maximum absolute atomic E-state index is 5.66. The van der Waals surface area contributed by atoms with Crippen molar-refractivity contribution in [1.82, 2.24) is 10.3 Å². The predicted molar refractivity (Wildman–Crippen MR) is 72.9 cm³/mol. The lowest BCUT2D eigenvalue weighted by molar-refractivity contribution is -0.00913. The first-order valence-electron chi connectivity index (χ1n) is 6.24. The van der Waals surface area contributed by atoms with Crippen molar-refractivity contribution in [2.45, 2.75) is 45.4 Å². The molecule has 18 heavy (non-hydrogen) atoms. The monoisotopic (exact) mass is 252 g/mol. The molecule has 0 aliphatic carbocycles. The van der Waals surface area contributed by atoms with E-state index < -0.39 is 0 Å². The molecule has 1 heterocycles. The Balaban J connectivity index is 3.00. The molecule has 1 unspecified atom stereocenters. The van der Waals surface area contributed by atoms with Crippen LogP contribution >= 0.6 is 0 Å². The van der Waals surface area contributed by atoms with Crippen LogP contribution in [0.4, 0.5) is 0 Å². The van der Waals surface area contributed by atoms with Gasteiger partial charge in [0.15, 0.2) is 0 Å². The van der Waals surface area contributed by atoms with Crippen molar-refractivity contribution < 1.29 is 9.47 Å². The molecule has 102 valence electrons. The summed E-state index contributed by atoms with van der Waals surface area (Å²) in [5.41, 5.74) is 0.745. The van der Waals surface area contributed by atoms with Gasteiger partial charge in [-0.2, -0.15) is 0 Å². The molecule has 0 fully saturated rings. The fraction of sp³-hybridized carbons (Fsp3) is 0.643. The Hall–Kier alpha value is -1.13. The van der Waals surface area contributed by atoms with Crippen LogP contribution in [0.15, 0.2) is 18.5 Å². The van der Waals surface area contributed by atoms with Gasteiger partial charge in [-0.3, -0.25) is 4.98 Å². The van der Waals surface area contributed by atoms with Gasteiger partial charge in [0.1, 0.15) is 5.75 Å². The molecular formula is C14H24N2O2. The maximum atomic E-state index is 5.66. The molecule has 1 atom stereocenters. The summed E-state index contributed by atoms with van der Waals surface area (Å²) in [5, 5.41) is 3.27. The first-order chi connectivity index (χ1) is 8.40. The summed E-state index contributed by atoms with van der Waals surface area (Å²) >= 11 is 0. The summed E-state index contributed by atoms with van der Waals surface area (Å²) in [6, 6.07) is 2.07. The summed E-state index contributed by atoms with van der Waals surface area (Å²) in [4.78, 5) is 4.23.